The number of fused-ring (bicyclic) bond motifs is 1. The summed E-state index contributed by atoms with van der Waals surface area (Å²) in [5, 5.41) is 3.24. The van der Waals surface area contributed by atoms with E-state index in [0.29, 0.717) is 29.8 Å². The summed E-state index contributed by atoms with van der Waals surface area (Å²) in [6, 6.07) is 9.12. The van der Waals surface area contributed by atoms with Crippen LogP contribution in [0.2, 0.25) is 0 Å². The number of furan rings is 1. The molecule has 4 atom stereocenters. The summed E-state index contributed by atoms with van der Waals surface area (Å²) in [5.41, 5.74) is 0.642. The molecule has 0 spiro atoms. The number of methoxy groups -OCH3 is 2. The van der Waals surface area contributed by atoms with Gasteiger partial charge in [0.15, 0.2) is 5.76 Å². The molecule has 12 heteroatoms. The van der Waals surface area contributed by atoms with Crippen LogP contribution in [0, 0.1) is 0 Å². The highest BCUT2D eigenvalue weighted by Gasteiger charge is 2.49. The minimum atomic E-state index is -3.94. The van der Waals surface area contributed by atoms with Crippen molar-refractivity contribution in [2.24, 2.45) is 0 Å². The summed E-state index contributed by atoms with van der Waals surface area (Å²) in [6.07, 6.45) is 2.36. The third-order valence-corrected chi connectivity index (χ3v) is 7.28. The molecule has 0 aliphatic carbocycles. The first-order chi connectivity index (χ1) is 16.5. The lowest BCUT2D eigenvalue weighted by Gasteiger charge is -2.19. The molecule has 2 saturated heterocycles. The Kier molecular flexibility index (Phi) is 6.13. The monoisotopic (exact) mass is 488 g/mol. The summed E-state index contributed by atoms with van der Waals surface area (Å²) in [5.74, 6) is 1.64. The molecule has 3 aromatic rings. The molecule has 0 radical (unpaired) electrons. The fourth-order valence-corrected chi connectivity index (χ4v) is 5.55. The fraction of sp³-hybridized carbons (Fsp3) is 0.364. The number of nitrogens with one attached hydrogen (secondary N) is 2. The minimum Gasteiger partial charge on any atom is -0.497 e. The third kappa shape index (κ3) is 4.32. The van der Waals surface area contributed by atoms with Gasteiger partial charge in [-0.1, -0.05) is 0 Å². The highest BCUT2D eigenvalue weighted by Crippen LogP contribution is 2.32. The number of rotatable bonds is 8. The molecule has 2 aromatic heterocycles. The zero-order valence-electron chi connectivity index (χ0n) is 18.5. The van der Waals surface area contributed by atoms with Crippen LogP contribution in [0.5, 0.6) is 11.5 Å². The Hall–Kier alpha value is -3.19. The Morgan fingerprint density at radius 1 is 1.03 bits per heavy atom. The first-order valence-corrected chi connectivity index (χ1v) is 12.1. The van der Waals surface area contributed by atoms with Gasteiger partial charge < -0.3 is 28.7 Å². The number of nitrogens with zero attached hydrogens (tertiary/aromatic N) is 2. The quantitative estimate of drug-likeness (QED) is 0.482. The maximum Gasteiger partial charge on any atom is 0.244 e. The number of aromatic nitrogens is 2. The molecule has 0 saturated carbocycles. The van der Waals surface area contributed by atoms with Gasteiger partial charge >= 0.3 is 0 Å². The van der Waals surface area contributed by atoms with Crippen molar-refractivity contribution in [2.75, 3.05) is 32.8 Å². The van der Waals surface area contributed by atoms with Gasteiger partial charge in [-0.3, -0.25) is 0 Å². The van der Waals surface area contributed by atoms with Gasteiger partial charge in [-0.25, -0.2) is 23.1 Å². The molecule has 5 rings (SSSR count). The highest BCUT2D eigenvalue weighted by atomic mass is 32.2. The van der Waals surface area contributed by atoms with E-state index in [1.807, 2.05) is 6.07 Å². The van der Waals surface area contributed by atoms with Crippen molar-refractivity contribution < 1.29 is 31.8 Å². The van der Waals surface area contributed by atoms with Crippen LogP contribution in [0.25, 0.3) is 11.5 Å². The van der Waals surface area contributed by atoms with E-state index in [4.69, 9.17) is 23.4 Å². The molecular weight excluding hydrogens is 464 g/mol. The van der Waals surface area contributed by atoms with E-state index in [-0.39, 0.29) is 29.4 Å². The largest absolute Gasteiger partial charge is 0.497 e. The van der Waals surface area contributed by atoms with Crippen LogP contribution in [-0.2, 0) is 19.5 Å². The zero-order chi connectivity index (χ0) is 23.7. The number of sulfonamides is 1. The van der Waals surface area contributed by atoms with Crippen molar-refractivity contribution >= 4 is 16.0 Å². The van der Waals surface area contributed by atoms with E-state index in [1.54, 1.807) is 36.7 Å². The average molecular weight is 489 g/mol. The van der Waals surface area contributed by atoms with Crippen molar-refractivity contribution in [1.82, 2.24) is 14.7 Å². The van der Waals surface area contributed by atoms with Gasteiger partial charge in [-0.05, 0) is 30.3 Å². The van der Waals surface area contributed by atoms with Crippen LogP contribution in [0.3, 0.4) is 0 Å². The van der Waals surface area contributed by atoms with Crippen LogP contribution in [0.15, 0.2) is 58.2 Å². The second kappa shape index (κ2) is 9.22. The predicted octanol–water partition coefficient (Wildman–Crippen LogP) is 1.68. The summed E-state index contributed by atoms with van der Waals surface area (Å²) < 4.78 is 56.6. The number of hydrogen-bond donors (Lipinski definition) is 2. The Morgan fingerprint density at radius 2 is 1.82 bits per heavy atom. The Labute approximate surface area is 196 Å². The van der Waals surface area contributed by atoms with Gasteiger partial charge in [0.25, 0.3) is 0 Å². The maximum absolute atomic E-state index is 13.1. The normalized spacial score (nSPS) is 24.1. The Bertz CT molecular complexity index is 1250. The number of benzene rings is 1. The molecule has 0 bridgehead atoms. The lowest BCUT2D eigenvalue weighted by Crippen LogP contribution is -2.44. The van der Waals surface area contributed by atoms with E-state index in [9.17, 15) is 8.42 Å². The summed E-state index contributed by atoms with van der Waals surface area (Å²) in [6.45, 7) is 0.469. The molecule has 4 heterocycles. The molecule has 1 aromatic carbocycles. The molecule has 0 unspecified atom stereocenters. The first-order valence-electron chi connectivity index (χ1n) is 10.6. The molecule has 34 heavy (non-hydrogen) atoms. The van der Waals surface area contributed by atoms with Crippen LogP contribution in [-0.4, -0.2) is 70.1 Å². The first kappa shape index (κ1) is 22.6. The SMILES string of the molecule is COc1ccc(OC)c(S(=O)(=O)N[C@H]2CO[C@H]3[C@@H]2OC[C@@H]3Nc2nccc(-c3ccco3)n2)c1. The second-order valence-corrected chi connectivity index (χ2v) is 9.52. The number of anilines is 1. The van der Waals surface area contributed by atoms with E-state index in [1.165, 1.54) is 20.3 Å². The summed E-state index contributed by atoms with van der Waals surface area (Å²) in [7, 11) is -1.06. The molecule has 2 aliphatic rings. The molecule has 11 nitrogen and oxygen atoms in total. The van der Waals surface area contributed by atoms with Crippen molar-refractivity contribution in [2.45, 2.75) is 29.2 Å². The topological polar surface area (TPSA) is 134 Å². The van der Waals surface area contributed by atoms with Crippen LogP contribution >= 0.6 is 0 Å². The lowest BCUT2D eigenvalue weighted by atomic mass is 10.1. The molecule has 0 amide bonds. The second-order valence-electron chi connectivity index (χ2n) is 7.83. The van der Waals surface area contributed by atoms with E-state index in [0.717, 1.165) is 0 Å². The molecule has 2 aliphatic heterocycles. The molecular formula is C22H24N4O7S. The smallest absolute Gasteiger partial charge is 0.244 e. The summed E-state index contributed by atoms with van der Waals surface area (Å²) >= 11 is 0. The van der Waals surface area contributed by atoms with E-state index in [2.05, 4.69) is 20.0 Å². The van der Waals surface area contributed by atoms with Crippen molar-refractivity contribution in [1.29, 1.82) is 0 Å². The lowest BCUT2D eigenvalue weighted by molar-refractivity contribution is 0.0690. The zero-order valence-corrected chi connectivity index (χ0v) is 19.3. The molecule has 180 valence electrons. The van der Waals surface area contributed by atoms with Gasteiger partial charge in [0, 0.05) is 12.3 Å². The van der Waals surface area contributed by atoms with Crippen LogP contribution < -0.4 is 19.5 Å². The standard InChI is InChI=1S/C22H24N4O7S/c1-29-13-5-6-18(30-2)19(10-13)34(27,28)26-16-12-33-20-15(11-32-21(16)20)25-22-23-8-7-14(24-22)17-4-3-9-31-17/h3-10,15-16,20-21,26H,11-12H2,1-2H3,(H,23,24,25)/t15-,16-,20+,21+/m0/s1. The van der Waals surface area contributed by atoms with Gasteiger partial charge in [0.2, 0.25) is 16.0 Å². The minimum absolute atomic E-state index is 0.0198. The van der Waals surface area contributed by atoms with Crippen molar-refractivity contribution in [3.8, 4) is 23.0 Å². The number of ether oxygens (including phenoxy) is 4. The Morgan fingerprint density at radius 3 is 2.56 bits per heavy atom. The molecule has 2 fully saturated rings. The van der Waals surface area contributed by atoms with Gasteiger partial charge in [0.1, 0.15) is 34.3 Å². The van der Waals surface area contributed by atoms with Crippen LogP contribution in [0.1, 0.15) is 0 Å². The molecule has 2 N–H and O–H groups in total. The van der Waals surface area contributed by atoms with Crippen LogP contribution in [0.4, 0.5) is 5.95 Å². The maximum atomic E-state index is 13.1. The van der Waals surface area contributed by atoms with Crippen molar-refractivity contribution in [3.05, 3.63) is 48.9 Å². The average Bonchev–Trinajstić information content (AvgIpc) is 3.59. The number of hydrogen-bond acceptors (Lipinski definition) is 10. The fourth-order valence-electron chi connectivity index (χ4n) is 4.14. The van der Waals surface area contributed by atoms with Gasteiger partial charge in [-0.15, -0.1) is 0 Å². The van der Waals surface area contributed by atoms with E-state index < -0.39 is 22.2 Å². The summed E-state index contributed by atoms with van der Waals surface area (Å²) in [4.78, 5) is 8.73. The predicted molar refractivity (Wildman–Crippen MR) is 120 cm³/mol. The van der Waals surface area contributed by atoms with Crippen molar-refractivity contribution in [3.63, 3.8) is 0 Å². The van der Waals surface area contributed by atoms with Gasteiger partial charge in [-0.2, -0.15) is 0 Å². The van der Waals surface area contributed by atoms with Gasteiger partial charge in [0.05, 0.1) is 45.8 Å². The third-order valence-electron chi connectivity index (χ3n) is 5.76. The van der Waals surface area contributed by atoms with E-state index >= 15 is 0 Å². The highest BCUT2D eigenvalue weighted by molar-refractivity contribution is 7.89. The Balaban J connectivity index is 1.29.